The summed E-state index contributed by atoms with van der Waals surface area (Å²) in [5, 5.41) is 0. The minimum atomic E-state index is 0.390. The Morgan fingerprint density at radius 3 is 2.81 bits per heavy atom. The Bertz CT molecular complexity index is 291. The molecule has 1 fully saturated rings. The highest BCUT2D eigenvalue weighted by molar-refractivity contribution is 5.21. The van der Waals surface area contributed by atoms with E-state index in [9.17, 15) is 0 Å². The molecule has 0 spiro atoms. The number of ether oxygens (including phenoxy) is 1. The summed E-state index contributed by atoms with van der Waals surface area (Å²) in [6, 6.07) is 0. The second kappa shape index (κ2) is 6.54. The lowest BCUT2D eigenvalue weighted by Crippen LogP contribution is -2.40. The van der Waals surface area contributed by atoms with Crippen LogP contribution in [0.3, 0.4) is 0 Å². The fourth-order valence-electron chi connectivity index (χ4n) is 1.71. The van der Waals surface area contributed by atoms with Crippen LogP contribution in [-0.2, 0) is 4.74 Å². The van der Waals surface area contributed by atoms with Crippen LogP contribution in [0.25, 0.3) is 0 Å². The van der Waals surface area contributed by atoms with Crippen molar-refractivity contribution in [3.63, 3.8) is 0 Å². The SMILES string of the molecule is C=C/C(C)=C\C=C(/C)N1CCO[C@H](CC)C1. The van der Waals surface area contributed by atoms with E-state index in [2.05, 4.69) is 44.4 Å². The molecular formula is C14H23NO. The summed E-state index contributed by atoms with van der Waals surface area (Å²) in [5.74, 6) is 0. The fraction of sp³-hybridized carbons (Fsp3) is 0.571. The smallest absolute Gasteiger partial charge is 0.0748 e. The van der Waals surface area contributed by atoms with E-state index >= 15 is 0 Å². The minimum Gasteiger partial charge on any atom is -0.375 e. The van der Waals surface area contributed by atoms with Gasteiger partial charge in [0.1, 0.15) is 0 Å². The molecular weight excluding hydrogens is 198 g/mol. The van der Waals surface area contributed by atoms with E-state index in [0.29, 0.717) is 6.10 Å². The number of allylic oxidation sites excluding steroid dienone is 5. The van der Waals surface area contributed by atoms with E-state index in [1.165, 1.54) is 11.3 Å². The molecule has 1 saturated heterocycles. The second-order valence-electron chi connectivity index (χ2n) is 4.27. The quantitative estimate of drug-likeness (QED) is 0.676. The average molecular weight is 221 g/mol. The van der Waals surface area contributed by atoms with Crippen LogP contribution in [0.15, 0.2) is 36.1 Å². The second-order valence-corrected chi connectivity index (χ2v) is 4.27. The molecule has 1 rings (SSSR count). The van der Waals surface area contributed by atoms with Crippen LogP contribution < -0.4 is 0 Å². The molecule has 2 nitrogen and oxygen atoms in total. The Hall–Kier alpha value is -1.02. The van der Waals surface area contributed by atoms with Crippen LogP contribution in [0.1, 0.15) is 27.2 Å². The van der Waals surface area contributed by atoms with Crippen molar-refractivity contribution >= 4 is 0 Å². The van der Waals surface area contributed by atoms with Gasteiger partial charge in [-0.25, -0.2) is 0 Å². The number of morpholine rings is 1. The van der Waals surface area contributed by atoms with E-state index < -0.39 is 0 Å². The molecule has 0 radical (unpaired) electrons. The van der Waals surface area contributed by atoms with Crippen LogP contribution in [0.5, 0.6) is 0 Å². The molecule has 1 aliphatic heterocycles. The molecule has 0 aliphatic carbocycles. The summed E-state index contributed by atoms with van der Waals surface area (Å²) in [4.78, 5) is 2.39. The molecule has 0 saturated carbocycles. The lowest BCUT2D eigenvalue weighted by Gasteiger charge is -2.34. The minimum absolute atomic E-state index is 0.390. The molecule has 0 aromatic rings. The molecule has 0 N–H and O–H groups in total. The lowest BCUT2D eigenvalue weighted by molar-refractivity contribution is -0.0179. The van der Waals surface area contributed by atoms with Gasteiger partial charge in [0.05, 0.1) is 12.7 Å². The van der Waals surface area contributed by atoms with Crippen molar-refractivity contribution in [2.24, 2.45) is 0 Å². The molecule has 16 heavy (non-hydrogen) atoms. The highest BCUT2D eigenvalue weighted by Crippen LogP contribution is 2.13. The lowest BCUT2D eigenvalue weighted by atomic mass is 10.2. The monoisotopic (exact) mass is 221 g/mol. The first-order valence-corrected chi connectivity index (χ1v) is 6.01. The van der Waals surface area contributed by atoms with E-state index in [1.807, 2.05) is 6.08 Å². The van der Waals surface area contributed by atoms with Crippen molar-refractivity contribution in [2.45, 2.75) is 33.3 Å². The average Bonchev–Trinajstić information content (AvgIpc) is 2.35. The molecule has 0 aromatic carbocycles. The van der Waals surface area contributed by atoms with Gasteiger partial charge in [-0.3, -0.25) is 0 Å². The molecule has 1 aliphatic rings. The molecule has 2 heteroatoms. The maximum atomic E-state index is 5.65. The molecule has 0 amide bonds. The Labute approximate surface area is 99.3 Å². The van der Waals surface area contributed by atoms with Gasteiger partial charge >= 0.3 is 0 Å². The maximum absolute atomic E-state index is 5.65. The van der Waals surface area contributed by atoms with Crippen LogP contribution in [0, 0.1) is 0 Å². The summed E-state index contributed by atoms with van der Waals surface area (Å²) in [7, 11) is 0. The fourth-order valence-corrected chi connectivity index (χ4v) is 1.71. The van der Waals surface area contributed by atoms with Crippen molar-refractivity contribution in [2.75, 3.05) is 19.7 Å². The molecule has 0 bridgehead atoms. The summed E-state index contributed by atoms with van der Waals surface area (Å²) >= 11 is 0. The first-order valence-electron chi connectivity index (χ1n) is 6.01. The Balaban J connectivity index is 2.59. The molecule has 1 heterocycles. The van der Waals surface area contributed by atoms with Gasteiger partial charge < -0.3 is 9.64 Å². The Morgan fingerprint density at radius 1 is 1.44 bits per heavy atom. The van der Waals surface area contributed by atoms with Crippen molar-refractivity contribution < 1.29 is 4.74 Å². The zero-order valence-electron chi connectivity index (χ0n) is 10.7. The number of rotatable bonds is 4. The van der Waals surface area contributed by atoms with Gasteiger partial charge in [-0.2, -0.15) is 0 Å². The third kappa shape index (κ3) is 3.86. The van der Waals surface area contributed by atoms with Crippen LogP contribution in [0.4, 0.5) is 0 Å². The zero-order valence-corrected chi connectivity index (χ0v) is 10.7. The van der Waals surface area contributed by atoms with Gasteiger partial charge in [0.15, 0.2) is 0 Å². The number of hydrogen-bond donors (Lipinski definition) is 0. The molecule has 90 valence electrons. The van der Waals surface area contributed by atoms with E-state index in [4.69, 9.17) is 4.74 Å². The van der Waals surface area contributed by atoms with Gasteiger partial charge in [-0.15, -0.1) is 0 Å². The maximum Gasteiger partial charge on any atom is 0.0748 e. The van der Waals surface area contributed by atoms with Crippen LogP contribution >= 0.6 is 0 Å². The number of hydrogen-bond acceptors (Lipinski definition) is 2. The summed E-state index contributed by atoms with van der Waals surface area (Å²) in [6.07, 6.45) is 7.62. The Kier molecular flexibility index (Phi) is 5.33. The third-order valence-electron chi connectivity index (χ3n) is 3.00. The standard InChI is InChI=1S/C14H23NO/c1-5-12(3)7-8-13(4)15-9-10-16-14(6-2)11-15/h5,7-8,14H,1,6,9-11H2,2-4H3/b12-7-,13-8+/t14-/m1/s1. The topological polar surface area (TPSA) is 12.5 Å². The predicted octanol–water partition coefficient (Wildman–Crippen LogP) is 3.13. The largest absolute Gasteiger partial charge is 0.375 e. The number of nitrogens with zero attached hydrogens (tertiary/aromatic N) is 1. The molecule has 0 aromatic heterocycles. The van der Waals surface area contributed by atoms with Gasteiger partial charge in [-0.05, 0) is 26.3 Å². The first-order chi connectivity index (χ1) is 7.67. The molecule has 0 unspecified atom stereocenters. The van der Waals surface area contributed by atoms with E-state index in [-0.39, 0.29) is 0 Å². The van der Waals surface area contributed by atoms with Crippen LogP contribution in [-0.4, -0.2) is 30.7 Å². The third-order valence-corrected chi connectivity index (χ3v) is 3.00. The van der Waals surface area contributed by atoms with Crippen molar-refractivity contribution in [1.82, 2.24) is 4.90 Å². The van der Waals surface area contributed by atoms with Gasteiger partial charge in [0.25, 0.3) is 0 Å². The van der Waals surface area contributed by atoms with Gasteiger partial charge in [0.2, 0.25) is 0 Å². The summed E-state index contributed by atoms with van der Waals surface area (Å²) in [5.41, 5.74) is 2.50. The normalized spacial score (nSPS) is 23.4. The van der Waals surface area contributed by atoms with Crippen molar-refractivity contribution in [1.29, 1.82) is 0 Å². The molecule has 1 atom stereocenters. The summed E-state index contributed by atoms with van der Waals surface area (Å²) < 4.78 is 5.65. The van der Waals surface area contributed by atoms with Crippen molar-refractivity contribution in [3.05, 3.63) is 36.1 Å². The van der Waals surface area contributed by atoms with Gasteiger partial charge in [-0.1, -0.05) is 31.2 Å². The first kappa shape index (κ1) is 13.0. The van der Waals surface area contributed by atoms with Crippen LogP contribution in [0.2, 0.25) is 0 Å². The van der Waals surface area contributed by atoms with E-state index in [1.54, 1.807) is 0 Å². The van der Waals surface area contributed by atoms with Crippen molar-refractivity contribution in [3.8, 4) is 0 Å². The zero-order chi connectivity index (χ0) is 12.0. The highest BCUT2D eigenvalue weighted by Gasteiger charge is 2.18. The predicted molar refractivity (Wildman–Crippen MR) is 69.3 cm³/mol. The summed E-state index contributed by atoms with van der Waals surface area (Å²) in [6.45, 7) is 13.0. The van der Waals surface area contributed by atoms with E-state index in [0.717, 1.165) is 26.1 Å². The highest BCUT2D eigenvalue weighted by atomic mass is 16.5. The Morgan fingerprint density at radius 2 is 2.19 bits per heavy atom. The van der Waals surface area contributed by atoms with Gasteiger partial charge in [0, 0.05) is 18.8 Å².